The zero-order chi connectivity index (χ0) is 18.0. The number of piperidine rings is 1. The van der Waals surface area contributed by atoms with Crippen molar-refractivity contribution in [1.82, 2.24) is 4.90 Å². The number of likely N-dealkylation sites (tertiary alicyclic amines) is 1. The van der Waals surface area contributed by atoms with E-state index >= 15 is 0 Å². The Kier molecular flexibility index (Phi) is 4.93. The van der Waals surface area contributed by atoms with Gasteiger partial charge in [-0.25, -0.2) is 0 Å². The highest BCUT2D eigenvalue weighted by Crippen LogP contribution is 2.38. The monoisotopic (exact) mass is 344 g/mol. The van der Waals surface area contributed by atoms with Crippen molar-refractivity contribution in [3.63, 3.8) is 0 Å². The summed E-state index contributed by atoms with van der Waals surface area (Å²) in [4.78, 5) is 23.5. The normalized spacial score (nSPS) is 17.9. The predicted octanol–water partition coefficient (Wildman–Crippen LogP) is 2.52. The van der Waals surface area contributed by atoms with Crippen LogP contribution in [-0.4, -0.2) is 45.7 Å². The van der Waals surface area contributed by atoms with Crippen LogP contribution in [-0.2, 0) is 4.79 Å². The Morgan fingerprint density at radius 2 is 1.88 bits per heavy atom. The molecule has 0 aromatic heterocycles. The van der Waals surface area contributed by atoms with Crippen LogP contribution in [0.5, 0.6) is 0 Å². The lowest BCUT2D eigenvalue weighted by atomic mass is 9.91. The molecule has 0 radical (unpaired) electrons. The number of nitrogens with zero attached hydrogens (tertiary/aromatic N) is 2. The number of halogens is 3. The maximum atomic E-state index is 12.7. The van der Waals surface area contributed by atoms with Crippen molar-refractivity contribution in [2.45, 2.75) is 24.6 Å². The van der Waals surface area contributed by atoms with Gasteiger partial charge in [0.25, 0.3) is 5.69 Å². The fraction of sp³-hybridized carbons (Fsp3) is 0.400. The van der Waals surface area contributed by atoms with Crippen LogP contribution in [0.25, 0.3) is 6.08 Å². The van der Waals surface area contributed by atoms with E-state index in [-0.39, 0.29) is 24.3 Å². The molecule has 130 valence electrons. The van der Waals surface area contributed by atoms with Crippen LogP contribution < -0.4 is 0 Å². The first kappa shape index (κ1) is 17.9. The van der Waals surface area contributed by atoms with E-state index in [1.807, 2.05) is 0 Å². The summed E-state index contributed by atoms with van der Waals surface area (Å²) >= 11 is 0. The molecule has 2 rings (SSSR count). The number of aliphatic hydroxyl groups is 1. The van der Waals surface area contributed by atoms with E-state index in [0.29, 0.717) is 0 Å². The van der Waals surface area contributed by atoms with Gasteiger partial charge in [-0.05, 0) is 12.1 Å². The minimum Gasteiger partial charge on any atom is -0.380 e. The number of carbonyl (C=O) groups excluding carboxylic acids is 1. The van der Waals surface area contributed by atoms with Gasteiger partial charge in [-0.3, -0.25) is 14.9 Å². The second kappa shape index (κ2) is 6.60. The number of hydrogen-bond acceptors (Lipinski definition) is 4. The molecule has 24 heavy (non-hydrogen) atoms. The maximum Gasteiger partial charge on any atom is 0.417 e. The highest BCUT2D eigenvalue weighted by molar-refractivity contribution is 5.92. The van der Waals surface area contributed by atoms with E-state index in [1.165, 1.54) is 29.2 Å². The first-order chi connectivity index (χ1) is 11.1. The lowest BCUT2D eigenvalue weighted by Gasteiger charge is -2.38. The molecule has 0 saturated carbocycles. The Labute approximate surface area is 135 Å². The van der Waals surface area contributed by atoms with E-state index in [4.69, 9.17) is 0 Å². The Morgan fingerprint density at radius 1 is 1.29 bits per heavy atom. The molecule has 0 bridgehead atoms. The fourth-order valence-corrected chi connectivity index (χ4v) is 2.44. The maximum absolute atomic E-state index is 12.7. The molecule has 1 aliphatic rings. The minimum atomic E-state index is -4.73. The molecule has 1 fully saturated rings. The van der Waals surface area contributed by atoms with Gasteiger partial charge in [0.05, 0.1) is 10.5 Å². The van der Waals surface area contributed by atoms with Crippen LogP contribution in [0.4, 0.5) is 18.9 Å². The standard InChI is InChI=1S/C15H15F3N2O4/c16-15(17,18)14(22)7-9-19(10-8-14)13(21)6-5-11-3-1-2-4-12(11)20(23)24/h1-6,22H,7-10H2/b6-5+. The first-order valence-corrected chi connectivity index (χ1v) is 7.13. The van der Waals surface area contributed by atoms with Crippen LogP contribution in [0.3, 0.4) is 0 Å². The Balaban J connectivity index is 2.04. The summed E-state index contributed by atoms with van der Waals surface area (Å²) in [5.41, 5.74) is -2.72. The number of carbonyl (C=O) groups is 1. The van der Waals surface area contributed by atoms with Gasteiger partial charge in [0.15, 0.2) is 5.60 Å². The van der Waals surface area contributed by atoms with Gasteiger partial charge >= 0.3 is 6.18 Å². The summed E-state index contributed by atoms with van der Waals surface area (Å²) < 4.78 is 38.1. The molecule has 1 aliphatic heterocycles. The number of benzene rings is 1. The number of hydrogen-bond donors (Lipinski definition) is 1. The number of alkyl halides is 3. The van der Waals surface area contributed by atoms with Crippen LogP contribution in [0, 0.1) is 10.1 Å². The highest BCUT2D eigenvalue weighted by Gasteiger charge is 2.54. The van der Waals surface area contributed by atoms with E-state index in [1.54, 1.807) is 6.07 Å². The third-order valence-corrected chi connectivity index (χ3v) is 3.97. The smallest absolute Gasteiger partial charge is 0.380 e. The lowest BCUT2D eigenvalue weighted by Crippen LogP contribution is -2.54. The van der Waals surface area contributed by atoms with E-state index < -0.39 is 35.4 Å². The summed E-state index contributed by atoms with van der Waals surface area (Å²) in [5, 5.41) is 20.4. The summed E-state index contributed by atoms with van der Waals surface area (Å²) in [7, 11) is 0. The van der Waals surface area contributed by atoms with Crippen LogP contribution in [0.1, 0.15) is 18.4 Å². The Morgan fingerprint density at radius 3 is 2.42 bits per heavy atom. The molecule has 1 aromatic carbocycles. The quantitative estimate of drug-likeness (QED) is 0.519. The Bertz CT molecular complexity index is 665. The number of para-hydroxylation sites is 1. The van der Waals surface area contributed by atoms with Gasteiger partial charge in [-0.15, -0.1) is 0 Å². The van der Waals surface area contributed by atoms with Crippen molar-refractivity contribution in [3.05, 3.63) is 46.0 Å². The highest BCUT2D eigenvalue weighted by atomic mass is 19.4. The SMILES string of the molecule is O=C(/C=C/c1ccccc1[N+](=O)[O-])N1CCC(O)(C(F)(F)F)CC1. The number of nitro benzene ring substituents is 1. The van der Waals surface area contributed by atoms with Gasteiger partial charge in [0.1, 0.15) is 0 Å². The predicted molar refractivity (Wildman–Crippen MR) is 78.9 cm³/mol. The first-order valence-electron chi connectivity index (χ1n) is 7.13. The average molecular weight is 344 g/mol. The number of amides is 1. The minimum absolute atomic E-state index is 0.174. The molecule has 6 nitrogen and oxygen atoms in total. The van der Waals surface area contributed by atoms with Crippen LogP contribution >= 0.6 is 0 Å². The molecule has 0 atom stereocenters. The molecule has 1 saturated heterocycles. The van der Waals surface area contributed by atoms with Crippen molar-refractivity contribution in [2.75, 3.05) is 13.1 Å². The molecule has 1 heterocycles. The lowest BCUT2D eigenvalue weighted by molar-refractivity contribution is -0.385. The van der Waals surface area contributed by atoms with Gasteiger partial charge in [0, 0.05) is 38.1 Å². The van der Waals surface area contributed by atoms with Crippen molar-refractivity contribution in [1.29, 1.82) is 0 Å². The van der Waals surface area contributed by atoms with E-state index in [9.17, 15) is 33.2 Å². The summed E-state index contributed by atoms with van der Waals surface area (Å²) in [6.45, 7) is -0.480. The third kappa shape index (κ3) is 3.73. The van der Waals surface area contributed by atoms with Crippen LogP contribution in [0.15, 0.2) is 30.3 Å². The van der Waals surface area contributed by atoms with Gasteiger partial charge in [-0.2, -0.15) is 13.2 Å². The number of rotatable bonds is 3. The summed E-state index contributed by atoms with van der Waals surface area (Å²) in [6, 6.07) is 5.80. The van der Waals surface area contributed by atoms with Crippen molar-refractivity contribution in [3.8, 4) is 0 Å². The molecule has 0 spiro atoms. The van der Waals surface area contributed by atoms with Crippen molar-refractivity contribution in [2.24, 2.45) is 0 Å². The van der Waals surface area contributed by atoms with Gasteiger partial charge in [-0.1, -0.05) is 12.1 Å². The van der Waals surface area contributed by atoms with E-state index in [2.05, 4.69) is 0 Å². The number of nitro groups is 1. The fourth-order valence-electron chi connectivity index (χ4n) is 2.44. The molecule has 1 amide bonds. The topological polar surface area (TPSA) is 83.7 Å². The van der Waals surface area contributed by atoms with Crippen molar-refractivity contribution >= 4 is 17.7 Å². The molecule has 9 heteroatoms. The summed E-state index contributed by atoms with van der Waals surface area (Å²) in [5.74, 6) is -0.558. The van der Waals surface area contributed by atoms with Crippen molar-refractivity contribution < 1.29 is 28.0 Å². The third-order valence-electron chi connectivity index (χ3n) is 3.97. The second-order valence-corrected chi connectivity index (χ2v) is 5.50. The zero-order valence-corrected chi connectivity index (χ0v) is 12.5. The second-order valence-electron chi connectivity index (χ2n) is 5.50. The van der Waals surface area contributed by atoms with Crippen LogP contribution in [0.2, 0.25) is 0 Å². The molecule has 0 aliphatic carbocycles. The molecule has 0 unspecified atom stereocenters. The summed E-state index contributed by atoms with van der Waals surface area (Å²) in [6.07, 6.45) is -3.59. The average Bonchev–Trinajstić information content (AvgIpc) is 2.52. The molecular weight excluding hydrogens is 329 g/mol. The zero-order valence-electron chi connectivity index (χ0n) is 12.5. The molecule has 1 aromatic rings. The molecular formula is C15H15F3N2O4. The molecule has 1 N–H and O–H groups in total. The van der Waals surface area contributed by atoms with Gasteiger partial charge in [0.2, 0.25) is 5.91 Å². The largest absolute Gasteiger partial charge is 0.417 e. The van der Waals surface area contributed by atoms with E-state index in [0.717, 1.165) is 6.08 Å². The Hall–Kier alpha value is -2.42. The van der Waals surface area contributed by atoms with Gasteiger partial charge < -0.3 is 10.0 Å².